The van der Waals surface area contributed by atoms with Gasteiger partial charge in [0.25, 0.3) is 0 Å². The molecule has 0 aromatic heterocycles. The van der Waals surface area contributed by atoms with Crippen molar-refractivity contribution in [1.82, 2.24) is 0 Å². The summed E-state index contributed by atoms with van der Waals surface area (Å²) in [7, 11) is 1.96. The SMILES string of the molecule is CC.CC.CN1CN(Cc2ccc3ccccc3c2)c2c(Cl)c(Cl)c(Cl)c(Cl)c21. The normalized spacial score (nSPS) is 12.2. The van der Waals surface area contributed by atoms with Gasteiger partial charge >= 0.3 is 0 Å². The number of nitrogens with zero attached hydrogens (tertiary/aromatic N) is 2. The Morgan fingerprint density at radius 3 is 1.90 bits per heavy atom. The smallest absolute Gasteiger partial charge is 0.0905 e. The molecule has 0 radical (unpaired) electrons. The molecular weight excluding hydrogens is 446 g/mol. The summed E-state index contributed by atoms with van der Waals surface area (Å²) in [6.45, 7) is 9.37. The largest absolute Gasteiger partial charge is 0.354 e. The minimum absolute atomic E-state index is 0.297. The molecule has 0 atom stereocenters. The van der Waals surface area contributed by atoms with Gasteiger partial charge in [-0.2, -0.15) is 0 Å². The van der Waals surface area contributed by atoms with Gasteiger partial charge in [-0.05, 0) is 22.4 Å². The lowest BCUT2D eigenvalue weighted by Crippen LogP contribution is -2.27. The Morgan fingerprint density at radius 1 is 0.724 bits per heavy atom. The molecule has 29 heavy (non-hydrogen) atoms. The van der Waals surface area contributed by atoms with Crippen LogP contribution in [-0.4, -0.2) is 13.7 Å². The van der Waals surface area contributed by atoms with Crippen LogP contribution in [0.1, 0.15) is 33.3 Å². The maximum Gasteiger partial charge on any atom is 0.0905 e. The van der Waals surface area contributed by atoms with E-state index in [1.54, 1.807) is 0 Å². The van der Waals surface area contributed by atoms with Crippen molar-refractivity contribution < 1.29 is 0 Å². The highest BCUT2D eigenvalue weighted by Gasteiger charge is 2.32. The van der Waals surface area contributed by atoms with Crippen LogP contribution in [0, 0.1) is 0 Å². The summed E-state index contributed by atoms with van der Waals surface area (Å²) in [4.78, 5) is 4.20. The molecule has 2 nitrogen and oxygen atoms in total. The Morgan fingerprint density at radius 2 is 1.28 bits per heavy atom. The second-order valence-corrected chi connectivity index (χ2v) is 7.68. The van der Waals surface area contributed by atoms with E-state index in [-0.39, 0.29) is 0 Å². The second kappa shape index (κ2) is 10.6. The minimum Gasteiger partial charge on any atom is -0.354 e. The van der Waals surface area contributed by atoms with Crippen LogP contribution in [-0.2, 0) is 6.54 Å². The van der Waals surface area contributed by atoms with E-state index >= 15 is 0 Å². The lowest BCUT2D eigenvalue weighted by molar-refractivity contribution is 0.817. The molecular formula is C23H26Cl4N2. The van der Waals surface area contributed by atoms with Gasteiger partial charge in [-0.3, -0.25) is 0 Å². The van der Waals surface area contributed by atoms with Gasteiger partial charge in [-0.1, -0.05) is 110 Å². The van der Waals surface area contributed by atoms with Gasteiger partial charge < -0.3 is 9.80 Å². The standard InChI is InChI=1S/C19H14Cl4N2.2C2H6/c1-24-10-25(19-17(23)15(21)14(20)16(22)18(19)24)9-11-6-7-12-4-2-3-5-13(12)8-11;2*1-2/h2-8H,9-10H2,1H3;2*1-2H3. The molecule has 1 aliphatic heterocycles. The Kier molecular flexibility index (Phi) is 8.78. The van der Waals surface area contributed by atoms with Crippen molar-refractivity contribution in [1.29, 1.82) is 0 Å². The van der Waals surface area contributed by atoms with Crippen LogP contribution in [0.25, 0.3) is 10.8 Å². The van der Waals surface area contributed by atoms with Crippen molar-refractivity contribution in [3.05, 3.63) is 68.1 Å². The zero-order valence-electron chi connectivity index (χ0n) is 17.4. The highest BCUT2D eigenvalue weighted by Crippen LogP contribution is 2.53. The van der Waals surface area contributed by atoms with Gasteiger partial charge in [-0.25, -0.2) is 0 Å². The fourth-order valence-corrected chi connectivity index (χ4v) is 4.43. The van der Waals surface area contributed by atoms with Gasteiger partial charge in [0.15, 0.2) is 0 Å². The number of anilines is 2. The molecule has 6 heteroatoms. The summed E-state index contributed by atoms with van der Waals surface area (Å²) in [6.07, 6.45) is 0. The van der Waals surface area contributed by atoms with E-state index in [9.17, 15) is 0 Å². The third kappa shape index (κ3) is 4.72. The summed E-state index contributed by atoms with van der Waals surface area (Å²) in [5.74, 6) is 0. The van der Waals surface area contributed by atoms with Crippen molar-refractivity contribution in [2.45, 2.75) is 34.2 Å². The van der Waals surface area contributed by atoms with E-state index < -0.39 is 0 Å². The van der Waals surface area contributed by atoms with E-state index in [1.165, 1.54) is 16.3 Å². The van der Waals surface area contributed by atoms with Crippen LogP contribution in [0.3, 0.4) is 0 Å². The van der Waals surface area contributed by atoms with Crippen LogP contribution in [0.15, 0.2) is 42.5 Å². The first-order chi connectivity index (χ1) is 14.0. The Labute approximate surface area is 193 Å². The fraction of sp³-hybridized carbons (Fsp3) is 0.304. The maximum atomic E-state index is 6.49. The first-order valence-corrected chi connectivity index (χ1v) is 11.3. The predicted octanol–water partition coefficient (Wildman–Crippen LogP) is 8.92. The van der Waals surface area contributed by atoms with Crippen molar-refractivity contribution in [3.8, 4) is 0 Å². The van der Waals surface area contributed by atoms with E-state index in [4.69, 9.17) is 46.4 Å². The van der Waals surface area contributed by atoms with Crippen molar-refractivity contribution in [2.24, 2.45) is 0 Å². The molecule has 3 aromatic carbocycles. The molecule has 3 aromatic rings. The molecule has 0 saturated carbocycles. The number of hydrogen-bond donors (Lipinski definition) is 0. The van der Waals surface area contributed by atoms with Gasteiger partial charge in [0.1, 0.15) is 0 Å². The molecule has 156 valence electrons. The van der Waals surface area contributed by atoms with Gasteiger partial charge in [0.2, 0.25) is 0 Å². The predicted molar refractivity (Wildman–Crippen MR) is 133 cm³/mol. The van der Waals surface area contributed by atoms with Gasteiger partial charge in [0.05, 0.1) is 38.1 Å². The maximum absolute atomic E-state index is 6.49. The lowest BCUT2D eigenvalue weighted by Gasteiger charge is -2.21. The number of halogens is 4. The molecule has 0 unspecified atom stereocenters. The molecule has 0 fully saturated rings. The van der Waals surface area contributed by atoms with E-state index in [0.717, 1.165) is 11.4 Å². The first kappa shape index (κ1) is 24.0. The number of rotatable bonds is 2. The van der Waals surface area contributed by atoms with Crippen LogP contribution in [0.4, 0.5) is 11.4 Å². The molecule has 0 N–H and O–H groups in total. The first-order valence-electron chi connectivity index (χ1n) is 9.77. The van der Waals surface area contributed by atoms with E-state index in [2.05, 4.69) is 35.2 Å². The molecule has 0 aliphatic carbocycles. The van der Waals surface area contributed by atoms with Crippen LogP contribution in [0.5, 0.6) is 0 Å². The topological polar surface area (TPSA) is 6.48 Å². The minimum atomic E-state index is 0.297. The molecule has 1 heterocycles. The Bertz CT molecular complexity index is 988. The highest BCUT2D eigenvalue weighted by atomic mass is 35.5. The average molecular weight is 472 g/mol. The molecule has 0 spiro atoms. The zero-order valence-corrected chi connectivity index (χ0v) is 20.4. The fourth-order valence-electron chi connectivity index (χ4n) is 3.33. The van der Waals surface area contributed by atoms with E-state index in [1.807, 2.05) is 51.8 Å². The highest BCUT2D eigenvalue weighted by molar-refractivity contribution is 6.54. The molecule has 0 bridgehead atoms. The second-order valence-electron chi connectivity index (χ2n) is 6.17. The molecule has 0 amide bonds. The third-order valence-corrected chi connectivity index (χ3v) is 6.27. The molecule has 0 saturated heterocycles. The van der Waals surface area contributed by atoms with Crippen molar-refractivity contribution in [3.63, 3.8) is 0 Å². The van der Waals surface area contributed by atoms with Gasteiger partial charge in [-0.15, -0.1) is 0 Å². The van der Waals surface area contributed by atoms with Crippen molar-refractivity contribution in [2.75, 3.05) is 23.5 Å². The monoisotopic (exact) mass is 470 g/mol. The van der Waals surface area contributed by atoms with Gasteiger partial charge in [0, 0.05) is 13.6 Å². The summed E-state index contributed by atoms with van der Waals surface area (Å²) < 4.78 is 0. The third-order valence-electron chi connectivity index (χ3n) is 4.49. The van der Waals surface area contributed by atoms with Crippen LogP contribution >= 0.6 is 46.4 Å². The Balaban J connectivity index is 0.000000707. The van der Waals surface area contributed by atoms with Crippen LogP contribution < -0.4 is 9.80 Å². The van der Waals surface area contributed by atoms with Crippen molar-refractivity contribution >= 4 is 68.6 Å². The zero-order chi connectivity index (χ0) is 21.7. The van der Waals surface area contributed by atoms with E-state index in [0.29, 0.717) is 33.3 Å². The van der Waals surface area contributed by atoms with Crippen LogP contribution in [0.2, 0.25) is 20.1 Å². The summed E-state index contributed by atoms with van der Waals surface area (Å²) >= 11 is 25.4. The number of hydrogen-bond acceptors (Lipinski definition) is 2. The lowest BCUT2D eigenvalue weighted by atomic mass is 10.1. The Hall–Kier alpha value is -1.32. The molecule has 1 aliphatic rings. The molecule has 4 rings (SSSR count). The number of fused-ring (bicyclic) bond motifs is 2. The summed E-state index contributed by atoms with van der Waals surface area (Å²) in [5, 5.41) is 3.91. The average Bonchev–Trinajstić information content (AvgIpc) is 3.09. The summed E-state index contributed by atoms with van der Waals surface area (Å²) in [5.41, 5.74) is 2.84. The quantitative estimate of drug-likeness (QED) is 0.271. The summed E-state index contributed by atoms with van der Waals surface area (Å²) in [6, 6.07) is 14.8. The number of benzene rings is 3.